The molecule has 6 nitrogen and oxygen atoms in total. The molecule has 0 atom stereocenters. The molecular formula is C18H22N4O2. The van der Waals surface area contributed by atoms with Gasteiger partial charge in [0.25, 0.3) is 0 Å². The molecule has 2 aliphatic heterocycles. The molecular weight excluding hydrogens is 304 g/mol. The van der Waals surface area contributed by atoms with Crippen molar-refractivity contribution in [3.63, 3.8) is 0 Å². The van der Waals surface area contributed by atoms with Crippen LogP contribution in [0.25, 0.3) is 0 Å². The van der Waals surface area contributed by atoms with Crippen molar-refractivity contribution in [2.75, 3.05) is 39.3 Å². The van der Waals surface area contributed by atoms with Crippen molar-refractivity contribution >= 4 is 11.8 Å². The van der Waals surface area contributed by atoms with E-state index in [0.29, 0.717) is 24.9 Å². The molecule has 0 aliphatic carbocycles. The number of imide groups is 1. The van der Waals surface area contributed by atoms with Gasteiger partial charge in [-0.3, -0.25) is 24.3 Å². The summed E-state index contributed by atoms with van der Waals surface area (Å²) in [5.41, 5.74) is 1.91. The van der Waals surface area contributed by atoms with Crippen molar-refractivity contribution in [1.82, 2.24) is 14.7 Å². The van der Waals surface area contributed by atoms with Crippen molar-refractivity contribution in [2.24, 2.45) is 0 Å². The summed E-state index contributed by atoms with van der Waals surface area (Å²) in [6.07, 6.45) is 0.744. The number of hydrogen-bond donors (Lipinski definition) is 0. The van der Waals surface area contributed by atoms with Gasteiger partial charge in [-0.25, -0.2) is 0 Å². The van der Waals surface area contributed by atoms with Gasteiger partial charge in [0, 0.05) is 58.7 Å². The van der Waals surface area contributed by atoms with E-state index >= 15 is 0 Å². The van der Waals surface area contributed by atoms with E-state index in [1.807, 2.05) is 24.3 Å². The lowest BCUT2D eigenvalue weighted by Gasteiger charge is -2.35. The first-order valence-corrected chi connectivity index (χ1v) is 8.42. The molecule has 0 N–H and O–H groups in total. The molecule has 1 aromatic rings. The third-order valence-corrected chi connectivity index (χ3v) is 4.75. The Balaban J connectivity index is 1.41. The largest absolute Gasteiger partial charge is 0.299 e. The minimum Gasteiger partial charge on any atom is -0.299 e. The van der Waals surface area contributed by atoms with Crippen LogP contribution in [0.2, 0.25) is 0 Å². The minimum absolute atomic E-state index is 0.0283. The van der Waals surface area contributed by atoms with Crippen LogP contribution in [0.15, 0.2) is 24.3 Å². The summed E-state index contributed by atoms with van der Waals surface area (Å²) in [5.74, 6) is -0.0566. The van der Waals surface area contributed by atoms with E-state index in [1.54, 1.807) is 0 Å². The third kappa shape index (κ3) is 3.99. The van der Waals surface area contributed by atoms with Crippen molar-refractivity contribution in [3.05, 3.63) is 35.4 Å². The Kier molecular flexibility index (Phi) is 5.24. The molecule has 2 heterocycles. The Labute approximate surface area is 142 Å². The van der Waals surface area contributed by atoms with Gasteiger partial charge in [0.05, 0.1) is 11.6 Å². The molecule has 3 rings (SSSR count). The van der Waals surface area contributed by atoms with E-state index in [4.69, 9.17) is 5.26 Å². The molecule has 0 saturated carbocycles. The maximum Gasteiger partial charge on any atom is 0.229 e. The third-order valence-electron chi connectivity index (χ3n) is 4.75. The molecule has 6 heteroatoms. The maximum absolute atomic E-state index is 11.6. The number of carbonyl (C=O) groups is 2. The first-order chi connectivity index (χ1) is 11.7. The van der Waals surface area contributed by atoms with Crippen LogP contribution in [0.1, 0.15) is 24.0 Å². The summed E-state index contributed by atoms with van der Waals surface area (Å²) in [6, 6.07) is 9.87. The zero-order chi connectivity index (χ0) is 16.9. The molecule has 0 spiro atoms. The number of piperazine rings is 1. The van der Waals surface area contributed by atoms with Crippen LogP contribution in [0.3, 0.4) is 0 Å². The standard InChI is InChI=1S/C18H22N4O2/c19-13-15-1-3-16(4-2-15)14-21-9-7-20(8-10-21)11-12-22-17(23)5-6-18(22)24/h1-4H,5-12,14H2. The Morgan fingerprint density at radius 2 is 1.46 bits per heavy atom. The highest BCUT2D eigenvalue weighted by Crippen LogP contribution is 2.13. The molecule has 2 aliphatic rings. The summed E-state index contributed by atoms with van der Waals surface area (Å²) in [5, 5.41) is 8.83. The molecule has 0 unspecified atom stereocenters. The summed E-state index contributed by atoms with van der Waals surface area (Å²) < 4.78 is 0. The van der Waals surface area contributed by atoms with Gasteiger partial charge in [0.1, 0.15) is 0 Å². The summed E-state index contributed by atoms with van der Waals surface area (Å²) in [7, 11) is 0. The molecule has 2 amide bonds. The topological polar surface area (TPSA) is 67.7 Å². The van der Waals surface area contributed by atoms with Crippen molar-refractivity contribution < 1.29 is 9.59 Å². The zero-order valence-corrected chi connectivity index (χ0v) is 13.8. The molecule has 1 aromatic carbocycles. The maximum atomic E-state index is 11.6. The summed E-state index contributed by atoms with van der Waals surface area (Å²) >= 11 is 0. The van der Waals surface area contributed by atoms with Gasteiger partial charge in [0.15, 0.2) is 0 Å². The first kappa shape index (κ1) is 16.6. The second-order valence-electron chi connectivity index (χ2n) is 6.37. The number of benzene rings is 1. The van der Waals surface area contributed by atoms with Crippen LogP contribution in [0.4, 0.5) is 0 Å². The van der Waals surface area contributed by atoms with Crippen molar-refractivity contribution in [3.8, 4) is 6.07 Å². The first-order valence-electron chi connectivity index (χ1n) is 8.42. The van der Waals surface area contributed by atoms with Gasteiger partial charge in [-0.1, -0.05) is 12.1 Å². The lowest BCUT2D eigenvalue weighted by molar-refractivity contribution is -0.138. The number of amides is 2. The molecule has 2 fully saturated rings. The molecule has 2 saturated heterocycles. The van der Waals surface area contributed by atoms with E-state index in [1.165, 1.54) is 10.5 Å². The van der Waals surface area contributed by atoms with Gasteiger partial charge >= 0.3 is 0 Å². The number of rotatable bonds is 5. The van der Waals surface area contributed by atoms with E-state index in [9.17, 15) is 9.59 Å². The molecule has 0 aromatic heterocycles. The molecule has 0 radical (unpaired) electrons. The van der Waals surface area contributed by atoms with Crippen LogP contribution in [0.5, 0.6) is 0 Å². The van der Waals surface area contributed by atoms with Gasteiger partial charge in [-0.2, -0.15) is 5.26 Å². The normalized spacial score (nSPS) is 19.7. The number of hydrogen-bond acceptors (Lipinski definition) is 5. The fourth-order valence-corrected chi connectivity index (χ4v) is 3.23. The Hall–Kier alpha value is -2.23. The lowest BCUT2D eigenvalue weighted by atomic mass is 10.1. The van der Waals surface area contributed by atoms with E-state index < -0.39 is 0 Å². The van der Waals surface area contributed by atoms with Crippen LogP contribution in [-0.2, 0) is 16.1 Å². The highest BCUT2D eigenvalue weighted by Gasteiger charge is 2.29. The van der Waals surface area contributed by atoms with Gasteiger partial charge < -0.3 is 0 Å². The summed E-state index contributed by atoms with van der Waals surface area (Å²) in [6.45, 7) is 6.03. The molecule has 126 valence electrons. The van der Waals surface area contributed by atoms with Crippen LogP contribution in [0, 0.1) is 11.3 Å². The van der Waals surface area contributed by atoms with Crippen LogP contribution < -0.4 is 0 Å². The number of carbonyl (C=O) groups excluding carboxylic acids is 2. The van der Waals surface area contributed by atoms with Crippen LogP contribution >= 0.6 is 0 Å². The second kappa shape index (κ2) is 7.56. The second-order valence-corrected chi connectivity index (χ2v) is 6.37. The predicted octanol–water partition coefficient (Wildman–Crippen LogP) is 0.825. The van der Waals surface area contributed by atoms with Gasteiger partial charge in [0.2, 0.25) is 11.8 Å². The predicted molar refractivity (Wildman–Crippen MR) is 88.8 cm³/mol. The van der Waals surface area contributed by atoms with Crippen molar-refractivity contribution in [2.45, 2.75) is 19.4 Å². The Morgan fingerprint density at radius 3 is 2.04 bits per heavy atom. The minimum atomic E-state index is -0.0283. The SMILES string of the molecule is N#Cc1ccc(CN2CCN(CCN3C(=O)CCC3=O)CC2)cc1. The fourth-order valence-electron chi connectivity index (χ4n) is 3.23. The Morgan fingerprint density at radius 1 is 0.875 bits per heavy atom. The Bertz CT molecular complexity index is 626. The van der Waals surface area contributed by atoms with Gasteiger partial charge in [-0.05, 0) is 17.7 Å². The van der Waals surface area contributed by atoms with Crippen LogP contribution in [-0.4, -0.2) is 65.8 Å². The van der Waals surface area contributed by atoms with Gasteiger partial charge in [-0.15, -0.1) is 0 Å². The zero-order valence-electron chi connectivity index (χ0n) is 13.8. The number of nitriles is 1. The quantitative estimate of drug-likeness (QED) is 0.750. The average Bonchev–Trinajstić information content (AvgIpc) is 2.93. The monoisotopic (exact) mass is 326 g/mol. The number of likely N-dealkylation sites (tertiary alicyclic amines) is 1. The lowest BCUT2D eigenvalue weighted by Crippen LogP contribution is -2.48. The smallest absolute Gasteiger partial charge is 0.229 e. The van der Waals surface area contributed by atoms with E-state index in [2.05, 4.69) is 15.9 Å². The summed E-state index contributed by atoms with van der Waals surface area (Å²) in [4.78, 5) is 29.3. The highest BCUT2D eigenvalue weighted by molar-refractivity contribution is 6.01. The fraction of sp³-hybridized carbons (Fsp3) is 0.500. The van der Waals surface area contributed by atoms with E-state index in [-0.39, 0.29) is 11.8 Å². The average molecular weight is 326 g/mol. The highest BCUT2D eigenvalue weighted by atomic mass is 16.2. The van der Waals surface area contributed by atoms with E-state index in [0.717, 1.165) is 39.3 Å². The number of nitrogens with zero attached hydrogens (tertiary/aromatic N) is 4. The molecule has 24 heavy (non-hydrogen) atoms. The van der Waals surface area contributed by atoms with Crippen molar-refractivity contribution in [1.29, 1.82) is 5.26 Å². The molecule has 0 bridgehead atoms.